The van der Waals surface area contributed by atoms with Crippen molar-refractivity contribution in [2.75, 3.05) is 34.4 Å². The second kappa shape index (κ2) is 10.5. The Kier molecular flexibility index (Phi) is 7.96. The van der Waals surface area contributed by atoms with Crippen molar-refractivity contribution in [3.05, 3.63) is 59.7 Å². The van der Waals surface area contributed by atoms with E-state index in [1.165, 1.54) is 5.56 Å². The van der Waals surface area contributed by atoms with E-state index in [1.807, 2.05) is 49.3 Å². The first-order valence-corrected chi connectivity index (χ1v) is 8.70. The highest BCUT2D eigenvalue weighted by atomic mass is 16.6. The van der Waals surface area contributed by atoms with Crippen LogP contribution in [0.5, 0.6) is 11.5 Å². The van der Waals surface area contributed by atoms with Crippen LogP contribution < -0.4 is 9.47 Å². The summed E-state index contributed by atoms with van der Waals surface area (Å²) in [4.78, 5) is 12.6. The normalized spacial score (nSPS) is 11.8. The van der Waals surface area contributed by atoms with Gasteiger partial charge in [0.2, 0.25) is 0 Å². The Morgan fingerprint density at radius 1 is 1.08 bits per heavy atom. The summed E-state index contributed by atoms with van der Waals surface area (Å²) in [7, 11) is 5.54. The molecule has 2 aromatic rings. The number of para-hydroxylation sites is 1. The summed E-state index contributed by atoms with van der Waals surface area (Å²) >= 11 is 0. The van der Waals surface area contributed by atoms with Gasteiger partial charge in [0.1, 0.15) is 24.2 Å². The minimum absolute atomic E-state index is 0.297. The summed E-state index contributed by atoms with van der Waals surface area (Å²) < 4.78 is 16.3. The summed E-state index contributed by atoms with van der Waals surface area (Å²) in [5.74, 6) is 1.69. The molecule has 0 spiro atoms. The lowest BCUT2D eigenvalue weighted by Crippen LogP contribution is -2.33. The Morgan fingerprint density at radius 3 is 2.62 bits per heavy atom. The van der Waals surface area contributed by atoms with Crippen LogP contribution in [0.4, 0.5) is 0 Å². The molecule has 5 nitrogen and oxygen atoms in total. The molecule has 0 aliphatic rings. The first kappa shape index (κ1) is 19.8. The number of likely N-dealkylation sites (N-methyl/N-ethyl adjacent to an activating group) is 1. The number of nitrogens with zero attached hydrogens (tertiary/aromatic N) is 1. The van der Waals surface area contributed by atoms with Gasteiger partial charge in [0, 0.05) is 6.54 Å². The third-order valence-corrected chi connectivity index (χ3v) is 4.03. The van der Waals surface area contributed by atoms with Gasteiger partial charge in [-0.2, -0.15) is 0 Å². The van der Waals surface area contributed by atoms with E-state index in [0.29, 0.717) is 19.6 Å². The number of methoxy groups -OCH3 is 1. The van der Waals surface area contributed by atoms with Gasteiger partial charge >= 0.3 is 0 Å². The lowest BCUT2D eigenvalue weighted by molar-refractivity contribution is -0.135. The first-order chi connectivity index (χ1) is 12.6. The third-order valence-electron chi connectivity index (χ3n) is 4.03. The van der Waals surface area contributed by atoms with E-state index in [4.69, 9.17) is 14.2 Å². The molecule has 26 heavy (non-hydrogen) atoms. The van der Waals surface area contributed by atoms with Gasteiger partial charge in [-0.1, -0.05) is 30.3 Å². The number of aryl methyl sites for hydroxylation is 2. The highest BCUT2D eigenvalue weighted by molar-refractivity contribution is 5.38. The van der Waals surface area contributed by atoms with Crippen LogP contribution in [-0.4, -0.2) is 51.8 Å². The van der Waals surface area contributed by atoms with Gasteiger partial charge in [0.25, 0.3) is 6.47 Å². The summed E-state index contributed by atoms with van der Waals surface area (Å²) in [6, 6.07) is 16.1. The fraction of sp³-hybridized carbons (Fsp3) is 0.381. The summed E-state index contributed by atoms with van der Waals surface area (Å²) in [5, 5.41) is 0. The van der Waals surface area contributed by atoms with E-state index < -0.39 is 0 Å². The van der Waals surface area contributed by atoms with E-state index in [0.717, 1.165) is 29.9 Å². The van der Waals surface area contributed by atoms with E-state index in [2.05, 4.69) is 18.2 Å². The monoisotopic (exact) mass is 357 g/mol. The number of hydrogen-bond acceptors (Lipinski definition) is 5. The van der Waals surface area contributed by atoms with Gasteiger partial charge in [0.15, 0.2) is 0 Å². The molecule has 2 rings (SSSR count). The topological polar surface area (TPSA) is 48.0 Å². The van der Waals surface area contributed by atoms with Crippen molar-refractivity contribution in [1.82, 2.24) is 4.90 Å². The lowest BCUT2D eigenvalue weighted by atomic mass is 10.0. The second-order valence-corrected chi connectivity index (χ2v) is 6.39. The molecule has 0 saturated carbocycles. The Hall–Kier alpha value is -2.53. The van der Waals surface area contributed by atoms with Crippen LogP contribution in [0, 0.1) is 0 Å². The zero-order valence-electron chi connectivity index (χ0n) is 15.7. The molecule has 0 unspecified atom stereocenters. The number of carbonyl (C=O) groups is 1. The minimum atomic E-state index is -0.297. The molecule has 0 N–H and O–H groups in total. The van der Waals surface area contributed by atoms with Crippen molar-refractivity contribution in [2.24, 2.45) is 0 Å². The predicted molar refractivity (Wildman–Crippen MR) is 102 cm³/mol. The average molecular weight is 357 g/mol. The maximum absolute atomic E-state index is 10.7. The number of rotatable bonds is 11. The van der Waals surface area contributed by atoms with Crippen molar-refractivity contribution >= 4 is 6.47 Å². The highest BCUT2D eigenvalue weighted by Crippen LogP contribution is 2.21. The average Bonchev–Trinajstić information content (AvgIpc) is 2.65. The molecule has 0 heterocycles. The van der Waals surface area contributed by atoms with Crippen molar-refractivity contribution in [3.8, 4) is 11.5 Å². The van der Waals surface area contributed by atoms with Crippen LogP contribution in [0.15, 0.2) is 48.5 Å². The maximum atomic E-state index is 10.7. The number of hydrogen-bond donors (Lipinski definition) is 0. The van der Waals surface area contributed by atoms with Crippen molar-refractivity contribution in [1.29, 1.82) is 0 Å². The van der Waals surface area contributed by atoms with Crippen LogP contribution in [-0.2, 0) is 22.4 Å². The van der Waals surface area contributed by atoms with Crippen LogP contribution in [0.3, 0.4) is 0 Å². The van der Waals surface area contributed by atoms with E-state index >= 15 is 0 Å². The molecule has 0 fully saturated rings. The summed E-state index contributed by atoms with van der Waals surface area (Å²) in [5.41, 5.74) is 2.35. The molecule has 0 aliphatic carbocycles. The van der Waals surface area contributed by atoms with E-state index in [-0.39, 0.29) is 6.10 Å². The van der Waals surface area contributed by atoms with Crippen molar-refractivity contribution < 1.29 is 19.0 Å². The molecule has 140 valence electrons. The summed E-state index contributed by atoms with van der Waals surface area (Å²) in [6.07, 6.45) is 1.45. The number of ether oxygens (including phenoxy) is 3. The van der Waals surface area contributed by atoms with Gasteiger partial charge in [-0.15, -0.1) is 0 Å². The molecule has 0 aliphatic heterocycles. The Labute approximate surface area is 155 Å². The van der Waals surface area contributed by atoms with Crippen LogP contribution in [0.2, 0.25) is 0 Å². The standard InChI is InChI=1S/C21H27NO4/c1-22(2)14-20(26-16-23)15-25-21-10-5-4-8-18(21)12-11-17-7-6-9-19(13-17)24-3/h4-10,13,16,20H,11-12,14-15H2,1-3H3/t20-/m0/s1. The fourth-order valence-electron chi connectivity index (χ4n) is 2.76. The zero-order chi connectivity index (χ0) is 18.8. The number of carbonyl (C=O) groups excluding carboxylic acids is 1. The molecule has 5 heteroatoms. The van der Waals surface area contributed by atoms with Gasteiger partial charge in [0.05, 0.1) is 7.11 Å². The lowest BCUT2D eigenvalue weighted by Gasteiger charge is -2.20. The smallest absolute Gasteiger partial charge is 0.293 e. The molecule has 0 radical (unpaired) electrons. The minimum Gasteiger partial charge on any atom is -0.497 e. The molecular formula is C21H27NO4. The maximum Gasteiger partial charge on any atom is 0.293 e. The Balaban J connectivity index is 1.98. The van der Waals surface area contributed by atoms with Gasteiger partial charge < -0.3 is 19.1 Å². The van der Waals surface area contributed by atoms with Crippen molar-refractivity contribution in [3.63, 3.8) is 0 Å². The molecule has 0 bridgehead atoms. The summed E-state index contributed by atoms with van der Waals surface area (Å²) in [6.45, 7) is 1.42. The molecular weight excluding hydrogens is 330 g/mol. The molecule has 0 aromatic heterocycles. The van der Waals surface area contributed by atoms with Crippen molar-refractivity contribution in [2.45, 2.75) is 18.9 Å². The first-order valence-electron chi connectivity index (χ1n) is 8.70. The van der Waals surface area contributed by atoms with E-state index in [1.54, 1.807) is 7.11 Å². The molecule has 0 saturated heterocycles. The Morgan fingerprint density at radius 2 is 1.88 bits per heavy atom. The van der Waals surface area contributed by atoms with E-state index in [9.17, 15) is 4.79 Å². The second-order valence-electron chi connectivity index (χ2n) is 6.39. The number of benzene rings is 2. The van der Waals surface area contributed by atoms with Gasteiger partial charge in [-0.3, -0.25) is 4.79 Å². The quantitative estimate of drug-likeness (QED) is 0.579. The molecule has 2 aromatic carbocycles. The zero-order valence-corrected chi connectivity index (χ0v) is 15.7. The highest BCUT2D eigenvalue weighted by Gasteiger charge is 2.13. The van der Waals surface area contributed by atoms with Gasteiger partial charge in [-0.05, 0) is 56.3 Å². The van der Waals surface area contributed by atoms with Gasteiger partial charge in [-0.25, -0.2) is 0 Å². The fourth-order valence-corrected chi connectivity index (χ4v) is 2.76. The molecule has 0 amide bonds. The van der Waals surface area contributed by atoms with Crippen LogP contribution in [0.1, 0.15) is 11.1 Å². The van der Waals surface area contributed by atoms with Crippen LogP contribution >= 0.6 is 0 Å². The Bertz CT molecular complexity index is 687. The molecule has 1 atom stereocenters. The third kappa shape index (κ3) is 6.41. The largest absolute Gasteiger partial charge is 0.497 e. The SMILES string of the molecule is COc1cccc(CCc2ccccc2OC[C@H](CN(C)C)OC=O)c1. The predicted octanol–water partition coefficient (Wildman–Crippen LogP) is 2.96. The van der Waals surface area contributed by atoms with Crippen LogP contribution in [0.25, 0.3) is 0 Å².